The summed E-state index contributed by atoms with van der Waals surface area (Å²) in [5.74, 6) is 1.36. The lowest BCUT2D eigenvalue weighted by Crippen LogP contribution is -2.24. The lowest BCUT2D eigenvalue weighted by Gasteiger charge is -2.17. The Hall–Kier alpha value is -1.11. The molecule has 1 aliphatic heterocycles. The van der Waals surface area contributed by atoms with E-state index in [9.17, 15) is 4.79 Å². The number of carbonyl (C=O) groups excluding carboxylic acids is 1. The first-order valence-corrected chi connectivity index (χ1v) is 8.14. The number of nitrogens with two attached hydrogens (primary N) is 1. The van der Waals surface area contributed by atoms with Gasteiger partial charge in [0.1, 0.15) is 0 Å². The van der Waals surface area contributed by atoms with Crippen molar-refractivity contribution in [3.8, 4) is 11.5 Å². The normalized spacial score (nSPS) is 21.3. The number of methoxy groups -OCH3 is 1. The molecule has 3 N–H and O–H groups in total. The van der Waals surface area contributed by atoms with Crippen molar-refractivity contribution in [2.45, 2.75) is 24.8 Å². The predicted molar refractivity (Wildman–Crippen MR) is 85.1 cm³/mol. The lowest BCUT2D eigenvalue weighted by atomic mass is 10.1. The highest BCUT2D eigenvalue weighted by molar-refractivity contribution is 7.99. The molecule has 1 aromatic carbocycles. The minimum atomic E-state index is -0.559. The molecule has 0 radical (unpaired) electrons. The Labute approximate surface area is 133 Å². The predicted octanol–water partition coefficient (Wildman–Crippen LogP) is 2.33. The molecule has 1 aliphatic rings. The van der Waals surface area contributed by atoms with Gasteiger partial charge in [-0.15, -0.1) is 11.8 Å². The second-order valence-corrected chi connectivity index (χ2v) is 6.32. The molecule has 1 fully saturated rings. The van der Waals surface area contributed by atoms with Crippen LogP contribution in [0.3, 0.4) is 0 Å². The van der Waals surface area contributed by atoms with Gasteiger partial charge in [0, 0.05) is 11.8 Å². The number of nitrogens with one attached hydrogen (secondary N) is 1. The van der Waals surface area contributed by atoms with Gasteiger partial charge >= 0.3 is 0 Å². The maximum atomic E-state index is 10.8. The highest BCUT2D eigenvalue weighted by Gasteiger charge is 2.26. The average molecular weight is 331 g/mol. The number of ether oxygens (including phenoxy) is 2. The lowest BCUT2D eigenvalue weighted by molar-refractivity contribution is -0.119. The third-order valence-electron chi connectivity index (χ3n) is 3.26. The van der Waals surface area contributed by atoms with Crippen LogP contribution in [-0.2, 0) is 4.79 Å². The Kier molecular flexibility index (Phi) is 5.61. The number of carbonyl (C=O) groups is 1. The van der Waals surface area contributed by atoms with E-state index in [0.29, 0.717) is 22.6 Å². The van der Waals surface area contributed by atoms with Crippen LogP contribution in [0.25, 0.3) is 0 Å². The summed E-state index contributed by atoms with van der Waals surface area (Å²) in [5.41, 5.74) is 6.11. The number of rotatable bonds is 6. The van der Waals surface area contributed by atoms with Crippen LogP contribution in [0.5, 0.6) is 11.5 Å². The van der Waals surface area contributed by atoms with Crippen molar-refractivity contribution >= 4 is 29.3 Å². The Morgan fingerprint density at radius 2 is 2.33 bits per heavy atom. The van der Waals surface area contributed by atoms with E-state index in [0.717, 1.165) is 17.7 Å². The smallest absolute Gasteiger partial charge is 0.255 e. The number of halogens is 1. The van der Waals surface area contributed by atoms with Gasteiger partial charge in [0.05, 0.1) is 17.5 Å². The van der Waals surface area contributed by atoms with E-state index >= 15 is 0 Å². The summed E-state index contributed by atoms with van der Waals surface area (Å²) in [6, 6.07) is 4.23. The van der Waals surface area contributed by atoms with Crippen molar-refractivity contribution < 1.29 is 14.3 Å². The number of thioether (sulfide) groups is 1. The highest BCUT2D eigenvalue weighted by Crippen LogP contribution is 2.42. The largest absolute Gasteiger partial charge is 0.493 e. The van der Waals surface area contributed by atoms with Gasteiger partial charge in [0.15, 0.2) is 18.1 Å². The van der Waals surface area contributed by atoms with Gasteiger partial charge in [-0.2, -0.15) is 0 Å². The molecule has 1 heterocycles. The van der Waals surface area contributed by atoms with E-state index in [1.54, 1.807) is 0 Å². The Morgan fingerprint density at radius 3 is 2.90 bits per heavy atom. The third kappa shape index (κ3) is 3.96. The van der Waals surface area contributed by atoms with Gasteiger partial charge in [0.2, 0.25) is 0 Å². The van der Waals surface area contributed by atoms with Crippen LogP contribution in [-0.4, -0.2) is 31.4 Å². The molecule has 2 atom stereocenters. The van der Waals surface area contributed by atoms with E-state index < -0.39 is 5.91 Å². The minimum absolute atomic E-state index is 0.187. The van der Waals surface area contributed by atoms with Crippen molar-refractivity contribution in [1.82, 2.24) is 5.32 Å². The highest BCUT2D eigenvalue weighted by atomic mass is 35.5. The summed E-state index contributed by atoms with van der Waals surface area (Å²) in [6.45, 7) is 1.93. The monoisotopic (exact) mass is 330 g/mol. The van der Waals surface area contributed by atoms with Crippen molar-refractivity contribution in [2.75, 3.05) is 19.5 Å². The standard InChI is InChI=1S/C14H19ClN2O3S/c1-3-9-7-21-14(17-9)8-4-10(15)13(11(5-8)19-2)20-6-12(16)18/h4-5,9,14,17H,3,6-7H2,1-2H3,(H2,16,18). The number of benzene rings is 1. The zero-order valence-corrected chi connectivity index (χ0v) is 13.6. The van der Waals surface area contributed by atoms with Crippen LogP contribution >= 0.6 is 23.4 Å². The van der Waals surface area contributed by atoms with E-state index in [1.165, 1.54) is 7.11 Å². The molecule has 1 amide bonds. The van der Waals surface area contributed by atoms with E-state index in [2.05, 4.69) is 12.2 Å². The Bertz CT molecular complexity index is 527. The first kappa shape index (κ1) is 16.3. The summed E-state index contributed by atoms with van der Waals surface area (Å²) in [6.07, 6.45) is 1.09. The molecule has 1 aromatic rings. The number of hydrogen-bond acceptors (Lipinski definition) is 5. The molecule has 2 rings (SSSR count). The second kappa shape index (κ2) is 7.24. The number of primary amides is 1. The van der Waals surface area contributed by atoms with E-state index in [1.807, 2.05) is 23.9 Å². The summed E-state index contributed by atoms with van der Waals surface area (Å²) in [7, 11) is 1.54. The first-order valence-electron chi connectivity index (χ1n) is 6.71. The quantitative estimate of drug-likeness (QED) is 0.837. The fraction of sp³-hybridized carbons (Fsp3) is 0.500. The molecule has 7 heteroatoms. The van der Waals surface area contributed by atoms with Gasteiger partial charge < -0.3 is 15.2 Å². The molecule has 0 bridgehead atoms. The molecular formula is C14H19ClN2O3S. The van der Waals surface area contributed by atoms with Crippen molar-refractivity contribution in [2.24, 2.45) is 5.73 Å². The summed E-state index contributed by atoms with van der Waals surface area (Å²) in [5, 5.41) is 4.14. The van der Waals surface area contributed by atoms with Crippen LogP contribution in [0.15, 0.2) is 12.1 Å². The summed E-state index contributed by atoms with van der Waals surface area (Å²) in [4.78, 5) is 10.8. The zero-order chi connectivity index (χ0) is 15.4. The summed E-state index contributed by atoms with van der Waals surface area (Å²) < 4.78 is 10.6. The van der Waals surface area contributed by atoms with Crippen LogP contribution < -0.4 is 20.5 Å². The molecule has 0 saturated carbocycles. The second-order valence-electron chi connectivity index (χ2n) is 4.77. The SMILES string of the molecule is CCC1CSC(c2cc(Cl)c(OCC(N)=O)c(OC)c2)N1. The fourth-order valence-corrected chi connectivity index (χ4v) is 3.77. The van der Waals surface area contributed by atoms with E-state index in [-0.39, 0.29) is 12.0 Å². The van der Waals surface area contributed by atoms with Crippen molar-refractivity contribution in [1.29, 1.82) is 0 Å². The molecule has 5 nitrogen and oxygen atoms in total. The van der Waals surface area contributed by atoms with E-state index in [4.69, 9.17) is 26.8 Å². The Balaban J connectivity index is 2.22. The van der Waals surface area contributed by atoms with Crippen LogP contribution in [0.4, 0.5) is 0 Å². The number of amides is 1. The van der Waals surface area contributed by atoms with Gasteiger partial charge in [-0.05, 0) is 24.1 Å². The molecule has 0 aliphatic carbocycles. The summed E-state index contributed by atoms with van der Waals surface area (Å²) >= 11 is 8.09. The fourth-order valence-electron chi connectivity index (χ4n) is 2.13. The Morgan fingerprint density at radius 1 is 1.57 bits per heavy atom. The minimum Gasteiger partial charge on any atom is -0.493 e. The maximum absolute atomic E-state index is 10.8. The molecular weight excluding hydrogens is 312 g/mol. The van der Waals surface area contributed by atoms with Crippen LogP contribution in [0.2, 0.25) is 5.02 Å². The molecule has 116 valence electrons. The third-order valence-corrected chi connectivity index (χ3v) is 4.87. The van der Waals surface area contributed by atoms with Gasteiger partial charge in [-0.25, -0.2) is 0 Å². The van der Waals surface area contributed by atoms with Crippen LogP contribution in [0.1, 0.15) is 24.3 Å². The first-order chi connectivity index (χ1) is 10.0. The molecule has 2 unspecified atom stereocenters. The van der Waals surface area contributed by atoms with Crippen molar-refractivity contribution in [3.63, 3.8) is 0 Å². The van der Waals surface area contributed by atoms with Gasteiger partial charge in [-0.1, -0.05) is 18.5 Å². The topological polar surface area (TPSA) is 73.6 Å². The molecule has 0 aromatic heterocycles. The molecule has 21 heavy (non-hydrogen) atoms. The number of hydrogen-bond donors (Lipinski definition) is 2. The maximum Gasteiger partial charge on any atom is 0.255 e. The van der Waals surface area contributed by atoms with Crippen molar-refractivity contribution in [3.05, 3.63) is 22.7 Å². The molecule has 0 spiro atoms. The zero-order valence-electron chi connectivity index (χ0n) is 12.0. The van der Waals surface area contributed by atoms with Gasteiger partial charge in [-0.3, -0.25) is 10.1 Å². The van der Waals surface area contributed by atoms with Crippen LogP contribution in [0, 0.1) is 0 Å². The van der Waals surface area contributed by atoms with Gasteiger partial charge in [0.25, 0.3) is 5.91 Å². The average Bonchev–Trinajstić information content (AvgIpc) is 2.93. The molecule has 1 saturated heterocycles.